The molecule has 1 aromatic carbocycles. The van der Waals surface area contributed by atoms with Gasteiger partial charge in [-0.2, -0.15) is 9.97 Å². The van der Waals surface area contributed by atoms with E-state index in [2.05, 4.69) is 19.9 Å². The fourth-order valence-corrected chi connectivity index (χ4v) is 4.80. The maximum Gasteiger partial charge on any atom is 0.297 e. The average molecular weight is 470 g/mol. The van der Waals surface area contributed by atoms with Gasteiger partial charge in [0.25, 0.3) is 12.9 Å². The Morgan fingerprint density at radius 1 is 1.12 bits per heavy atom. The third-order valence-corrected chi connectivity index (χ3v) is 6.33. The molecule has 2 aliphatic heterocycles. The minimum absolute atomic E-state index is 0.156. The molecule has 2 aromatic heterocycles. The van der Waals surface area contributed by atoms with E-state index in [9.17, 15) is 17.6 Å². The van der Waals surface area contributed by atoms with E-state index in [0.29, 0.717) is 37.6 Å². The van der Waals surface area contributed by atoms with Crippen molar-refractivity contribution in [2.75, 3.05) is 24.7 Å². The number of H-pyrrole nitrogens is 1. The van der Waals surface area contributed by atoms with Gasteiger partial charge in [-0.05, 0) is 48.9 Å². The maximum absolute atomic E-state index is 13.3. The first kappa shape index (κ1) is 21.4. The molecule has 11 heteroatoms. The summed E-state index contributed by atoms with van der Waals surface area (Å²) in [5, 5.41) is 1.61. The van der Waals surface area contributed by atoms with Gasteiger partial charge in [0, 0.05) is 41.4 Å². The van der Waals surface area contributed by atoms with E-state index < -0.39 is 24.5 Å². The monoisotopic (exact) mass is 469 g/mol. The number of nitrogens with zero attached hydrogens (tertiary/aromatic N) is 4. The molecule has 32 heavy (non-hydrogen) atoms. The van der Waals surface area contributed by atoms with Crippen LogP contribution in [0.3, 0.4) is 0 Å². The molecule has 4 heterocycles. The number of rotatable bonds is 5. The molecular formula is C21H20ClF4N5O. The SMILES string of the molecule is FC(F)c1nc(C(F)F)nc(N2CCc3c([nH]c4ccc(Cl)cc34)[C@@H]2C[C@H]2CCOC2)n1. The Labute approximate surface area is 186 Å². The van der Waals surface area contributed by atoms with E-state index in [-0.39, 0.29) is 17.9 Å². The number of aromatic nitrogens is 4. The van der Waals surface area contributed by atoms with Gasteiger partial charge in [-0.1, -0.05) is 11.6 Å². The summed E-state index contributed by atoms with van der Waals surface area (Å²) in [7, 11) is 0. The first-order valence-electron chi connectivity index (χ1n) is 10.4. The summed E-state index contributed by atoms with van der Waals surface area (Å²) in [5.74, 6) is -1.80. The molecule has 3 aromatic rings. The van der Waals surface area contributed by atoms with E-state index in [1.165, 1.54) is 0 Å². The van der Waals surface area contributed by atoms with Gasteiger partial charge in [0.1, 0.15) is 0 Å². The summed E-state index contributed by atoms with van der Waals surface area (Å²) in [4.78, 5) is 16.1. The second-order valence-electron chi connectivity index (χ2n) is 8.08. The van der Waals surface area contributed by atoms with Crippen molar-refractivity contribution in [3.8, 4) is 0 Å². The zero-order chi connectivity index (χ0) is 22.4. The van der Waals surface area contributed by atoms with Crippen LogP contribution in [-0.2, 0) is 11.2 Å². The summed E-state index contributed by atoms with van der Waals surface area (Å²) in [6.07, 6.45) is -4.08. The number of fused-ring (bicyclic) bond motifs is 3. The third-order valence-electron chi connectivity index (χ3n) is 6.10. The number of ether oxygens (including phenoxy) is 1. The van der Waals surface area contributed by atoms with Crippen molar-refractivity contribution in [3.05, 3.63) is 46.1 Å². The van der Waals surface area contributed by atoms with Crippen LogP contribution in [0.5, 0.6) is 0 Å². The molecule has 5 rings (SSSR count). The van der Waals surface area contributed by atoms with Crippen LogP contribution in [0.25, 0.3) is 10.9 Å². The standard InChI is InChI=1S/C21H20ClF4N5O/c22-11-1-2-14-13(8-11)12-3-5-31(15(16(12)27-14)7-10-4-6-32-9-10)21-29-19(17(23)24)28-20(30-21)18(25)26/h1-2,8,10,15,17-18,27H,3-7,9H2/t10-,15+/m1/s1. The predicted molar refractivity (Wildman–Crippen MR) is 110 cm³/mol. The molecule has 170 valence electrons. The van der Waals surface area contributed by atoms with Crippen LogP contribution < -0.4 is 4.90 Å². The zero-order valence-corrected chi connectivity index (χ0v) is 17.6. The van der Waals surface area contributed by atoms with E-state index in [1.54, 1.807) is 11.0 Å². The van der Waals surface area contributed by atoms with E-state index >= 15 is 0 Å². The molecule has 2 atom stereocenters. The number of nitrogens with one attached hydrogen (secondary N) is 1. The highest BCUT2D eigenvalue weighted by Crippen LogP contribution is 2.41. The van der Waals surface area contributed by atoms with Crippen molar-refractivity contribution in [1.29, 1.82) is 0 Å². The molecule has 0 aliphatic carbocycles. The van der Waals surface area contributed by atoms with Gasteiger partial charge in [0.2, 0.25) is 17.6 Å². The van der Waals surface area contributed by atoms with Crippen LogP contribution in [0.2, 0.25) is 5.02 Å². The van der Waals surface area contributed by atoms with Crippen molar-refractivity contribution < 1.29 is 22.3 Å². The lowest BCUT2D eigenvalue weighted by Gasteiger charge is -2.37. The van der Waals surface area contributed by atoms with Crippen LogP contribution in [0.1, 0.15) is 54.6 Å². The number of hydrogen-bond acceptors (Lipinski definition) is 5. The largest absolute Gasteiger partial charge is 0.381 e. The van der Waals surface area contributed by atoms with E-state index in [1.807, 2.05) is 12.1 Å². The molecule has 0 saturated carbocycles. The summed E-state index contributed by atoms with van der Waals surface area (Å²) >= 11 is 6.20. The molecule has 1 saturated heterocycles. The number of hydrogen-bond donors (Lipinski definition) is 1. The van der Waals surface area contributed by atoms with Crippen LogP contribution in [0, 0.1) is 5.92 Å². The Hall–Kier alpha value is -2.46. The number of halogens is 5. The van der Waals surface area contributed by atoms with Crippen LogP contribution >= 0.6 is 11.6 Å². The normalized spacial score (nSPS) is 21.2. The summed E-state index contributed by atoms with van der Waals surface area (Å²) in [6, 6.07) is 5.27. The molecule has 1 fully saturated rings. The van der Waals surface area contributed by atoms with Gasteiger partial charge < -0.3 is 14.6 Å². The Morgan fingerprint density at radius 3 is 2.53 bits per heavy atom. The molecule has 0 amide bonds. The van der Waals surface area contributed by atoms with Gasteiger partial charge in [-0.15, -0.1) is 0 Å². The average Bonchev–Trinajstić information content (AvgIpc) is 3.41. The highest BCUT2D eigenvalue weighted by Gasteiger charge is 2.36. The highest BCUT2D eigenvalue weighted by atomic mass is 35.5. The minimum atomic E-state index is -3.08. The first-order chi connectivity index (χ1) is 15.4. The van der Waals surface area contributed by atoms with Gasteiger partial charge >= 0.3 is 0 Å². The fourth-order valence-electron chi connectivity index (χ4n) is 4.63. The Kier molecular flexibility index (Phi) is 5.66. The highest BCUT2D eigenvalue weighted by molar-refractivity contribution is 6.31. The maximum atomic E-state index is 13.3. The van der Waals surface area contributed by atoms with Crippen LogP contribution in [-0.4, -0.2) is 39.7 Å². The van der Waals surface area contributed by atoms with Gasteiger partial charge in [0.05, 0.1) is 6.04 Å². The Bertz CT molecular complexity index is 1110. The van der Waals surface area contributed by atoms with Crippen molar-refractivity contribution in [2.24, 2.45) is 5.92 Å². The fraction of sp³-hybridized carbons (Fsp3) is 0.476. The van der Waals surface area contributed by atoms with Crippen molar-refractivity contribution in [3.63, 3.8) is 0 Å². The molecule has 0 radical (unpaired) electrons. The van der Waals surface area contributed by atoms with Crippen molar-refractivity contribution >= 4 is 28.5 Å². The topological polar surface area (TPSA) is 66.9 Å². The molecule has 6 nitrogen and oxygen atoms in total. The summed E-state index contributed by atoms with van der Waals surface area (Å²) in [5.41, 5.74) is 2.89. The number of anilines is 1. The number of benzene rings is 1. The molecule has 0 unspecified atom stereocenters. The zero-order valence-electron chi connectivity index (χ0n) is 16.9. The van der Waals surface area contributed by atoms with Crippen molar-refractivity contribution in [2.45, 2.75) is 38.2 Å². The van der Waals surface area contributed by atoms with Gasteiger partial charge in [-0.25, -0.2) is 22.5 Å². The molecule has 0 spiro atoms. The number of aromatic amines is 1. The van der Waals surface area contributed by atoms with Gasteiger partial charge in [0.15, 0.2) is 0 Å². The lowest BCUT2D eigenvalue weighted by Crippen LogP contribution is -2.38. The quantitative estimate of drug-likeness (QED) is 0.506. The lowest BCUT2D eigenvalue weighted by atomic mass is 9.90. The molecule has 0 bridgehead atoms. The third kappa shape index (κ3) is 3.90. The second-order valence-corrected chi connectivity index (χ2v) is 8.52. The molecule has 1 N–H and O–H groups in total. The predicted octanol–water partition coefficient (Wildman–Crippen LogP) is 5.41. The van der Waals surface area contributed by atoms with Gasteiger partial charge in [-0.3, -0.25) is 0 Å². The molecule has 2 aliphatic rings. The lowest BCUT2D eigenvalue weighted by molar-refractivity contribution is 0.125. The Morgan fingerprint density at radius 2 is 1.88 bits per heavy atom. The second kappa shape index (κ2) is 8.47. The summed E-state index contributed by atoms with van der Waals surface area (Å²) < 4.78 is 58.9. The minimum Gasteiger partial charge on any atom is -0.381 e. The Balaban J connectivity index is 1.61. The summed E-state index contributed by atoms with van der Waals surface area (Å²) in [6.45, 7) is 1.64. The van der Waals surface area contributed by atoms with Crippen LogP contribution in [0.15, 0.2) is 18.2 Å². The van der Waals surface area contributed by atoms with E-state index in [0.717, 1.165) is 28.6 Å². The van der Waals surface area contributed by atoms with Crippen molar-refractivity contribution in [1.82, 2.24) is 19.9 Å². The molecular weight excluding hydrogens is 450 g/mol. The first-order valence-corrected chi connectivity index (χ1v) is 10.7. The van der Waals surface area contributed by atoms with Crippen LogP contribution in [0.4, 0.5) is 23.5 Å². The smallest absolute Gasteiger partial charge is 0.297 e. The number of alkyl halides is 4. The van der Waals surface area contributed by atoms with E-state index in [4.69, 9.17) is 16.3 Å².